The van der Waals surface area contributed by atoms with Crippen LogP contribution in [0.15, 0.2) is 12.3 Å². The lowest BCUT2D eigenvalue weighted by atomic mass is 9.96. The molecule has 92 valence electrons. The maximum absolute atomic E-state index is 11.0. The highest BCUT2D eigenvalue weighted by atomic mass is 16.5. The number of nitrogens with zero attached hydrogens (tertiary/aromatic N) is 2. The smallest absolute Gasteiger partial charge is 0.215 e. The van der Waals surface area contributed by atoms with Crippen LogP contribution in [-0.4, -0.2) is 29.9 Å². The Morgan fingerprint density at radius 3 is 3.00 bits per heavy atom. The molecule has 1 atom stereocenters. The first-order valence-corrected chi connectivity index (χ1v) is 5.98. The molecule has 0 radical (unpaired) electrons. The molecule has 1 amide bonds. The standard InChI is InChI=1S/C13H18N2O2/c1-10-7-11(8-14-13(10)17-2)12-5-3-4-6-15(12)9-16/h7-9,12H,3-6H2,1-2H3/t12-/m0/s1. The van der Waals surface area contributed by atoms with Crippen molar-refractivity contribution in [2.24, 2.45) is 0 Å². The van der Waals surface area contributed by atoms with Crippen LogP contribution >= 0.6 is 0 Å². The summed E-state index contributed by atoms with van der Waals surface area (Å²) in [7, 11) is 1.62. The van der Waals surface area contributed by atoms with Crippen molar-refractivity contribution in [3.63, 3.8) is 0 Å². The second kappa shape index (κ2) is 5.17. The Labute approximate surface area is 102 Å². The summed E-state index contributed by atoms with van der Waals surface area (Å²) >= 11 is 0. The third-order valence-electron chi connectivity index (χ3n) is 3.31. The summed E-state index contributed by atoms with van der Waals surface area (Å²) in [4.78, 5) is 17.2. The summed E-state index contributed by atoms with van der Waals surface area (Å²) in [5.41, 5.74) is 2.12. The van der Waals surface area contributed by atoms with Gasteiger partial charge in [-0.25, -0.2) is 4.98 Å². The number of likely N-dealkylation sites (tertiary alicyclic amines) is 1. The van der Waals surface area contributed by atoms with Crippen LogP contribution in [-0.2, 0) is 4.79 Å². The highest BCUT2D eigenvalue weighted by Crippen LogP contribution is 2.30. The molecule has 1 saturated heterocycles. The van der Waals surface area contributed by atoms with E-state index in [0.29, 0.717) is 5.88 Å². The van der Waals surface area contributed by atoms with E-state index in [1.54, 1.807) is 7.11 Å². The molecule has 1 aromatic rings. The van der Waals surface area contributed by atoms with Crippen LogP contribution in [0, 0.1) is 6.92 Å². The maximum Gasteiger partial charge on any atom is 0.215 e. The molecule has 1 aliphatic heterocycles. The summed E-state index contributed by atoms with van der Waals surface area (Å²) in [6, 6.07) is 2.25. The average molecular weight is 234 g/mol. The second-order valence-electron chi connectivity index (χ2n) is 4.45. The molecule has 2 rings (SSSR count). The first-order chi connectivity index (χ1) is 8.26. The van der Waals surface area contributed by atoms with Gasteiger partial charge in [-0.3, -0.25) is 4.79 Å². The van der Waals surface area contributed by atoms with Gasteiger partial charge in [0.25, 0.3) is 0 Å². The van der Waals surface area contributed by atoms with E-state index in [0.717, 1.165) is 36.9 Å². The van der Waals surface area contributed by atoms with Gasteiger partial charge in [-0.15, -0.1) is 0 Å². The number of carbonyl (C=O) groups is 1. The molecule has 0 aromatic carbocycles. The Bertz CT molecular complexity index is 406. The number of methoxy groups -OCH3 is 1. The van der Waals surface area contributed by atoms with E-state index < -0.39 is 0 Å². The highest BCUT2D eigenvalue weighted by Gasteiger charge is 2.23. The summed E-state index contributed by atoms with van der Waals surface area (Å²) < 4.78 is 5.15. The molecular formula is C13H18N2O2. The summed E-state index contributed by atoms with van der Waals surface area (Å²) in [6.45, 7) is 2.82. The monoisotopic (exact) mass is 234 g/mol. The number of rotatable bonds is 3. The fourth-order valence-electron chi connectivity index (χ4n) is 2.42. The van der Waals surface area contributed by atoms with Crippen LogP contribution in [0.5, 0.6) is 5.88 Å². The Morgan fingerprint density at radius 2 is 2.35 bits per heavy atom. The van der Waals surface area contributed by atoms with Crippen molar-refractivity contribution < 1.29 is 9.53 Å². The van der Waals surface area contributed by atoms with Crippen LogP contribution in [0.2, 0.25) is 0 Å². The third kappa shape index (κ3) is 2.40. The van der Waals surface area contributed by atoms with E-state index >= 15 is 0 Å². The van der Waals surface area contributed by atoms with Crippen molar-refractivity contribution in [1.29, 1.82) is 0 Å². The molecule has 1 fully saturated rings. The highest BCUT2D eigenvalue weighted by molar-refractivity contribution is 5.49. The molecule has 0 unspecified atom stereocenters. The Hall–Kier alpha value is -1.58. The van der Waals surface area contributed by atoms with E-state index in [1.807, 2.05) is 18.0 Å². The molecule has 4 nitrogen and oxygen atoms in total. The Morgan fingerprint density at radius 1 is 1.53 bits per heavy atom. The van der Waals surface area contributed by atoms with E-state index in [1.165, 1.54) is 6.42 Å². The molecule has 0 spiro atoms. The molecule has 17 heavy (non-hydrogen) atoms. The average Bonchev–Trinajstić information content (AvgIpc) is 2.38. The van der Waals surface area contributed by atoms with Crippen LogP contribution in [0.1, 0.15) is 36.4 Å². The zero-order chi connectivity index (χ0) is 12.3. The molecule has 1 aromatic heterocycles. The minimum absolute atomic E-state index is 0.179. The maximum atomic E-state index is 11.0. The molecule has 0 saturated carbocycles. The van der Waals surface area contributed by atoms with E-state index in [4.69, 9.17) is 4.74 Å². The Kier molecular flexibility index (Phi) is 3.61. The predicted octanol–water partition coefficient (Wildman–Crippen LogP) is 2.08. The van der Waals surface area contributed by atoms with Gasteiger partial charge in [0.1, 0.15) is 0 Å². The Balaban J connectivity index is 2.26. The van der Waals surface area contributed by atoms with Crippen molar-refractivity contribution in [3.05, 3.63) is 23.4 Å². The van der Waals surface area contributed by atoms with Crippen LogP contribution in [0.3, 0.4) is 0 Å². The van der Waals surface area contributed by atoms with Gasteiger partial charge >= 0.3 is 0 Å². The normalized spacial score (nSPS) is 20.1. The van der Waals surface area contributed by atoms with Crippen LogP contribution in [0.4, 0.5) is 0 Å². The zero-order valence-corrected chi connectivity index (χ0v) is 10.3. The molecule has 0 bridgehead atoms. The molecule has 0 aliphatic carbocycles. The van der Waals surface area contributed by atoms with Crippen LogP contribution in [0.25, 0.3) is 0 Å². The summed E-state index contributed by atoms with van der Waals surface area (Å²) in [5, 5.41) is 0. The van der Waals surface area contributed by atoms with Gasteiger partial charge in [-0.05, 0) is 37.8 Å². The first-order valence-electron chi connectivity index (χ1n) is 5.98. The molecule has 2 heterocycles. The molecule has 4 heteroatoms. The second-order valence-corrected chi connectivity index (χ2v) is 4.45. The van der Waals surface area contributed by atoms with E-state index in [9.17, 15) is 4.79 Å². The number of ether oxygens (including phenoxy) is 1. The van der Waals surface area contributed by atoms with E-state index in [-0.39, 0.29) is 6.04 Å². The van der Waals surface area contributed by atoms with Crippen molar-refractivity contribution >= 4 is 6.41 Å². The van der Waals surface area contributed by atoms with Gasteiger partial charge in [-0.1, -0.05) is 0 Å². The molecule has 0 N–H and O–H groups in total. The summed E-state index contributed by atoms with van der Waals surface area (Å²) in [6.07, 6.45) is 6.05. The lowest BCUT2D eigenvalue weighted by Gasteiger charge is -2.33. The minimum atomic E-state index is 0.179. The van der Waals surface area contributed by atoms with Gasteiger partial charge in [0, 0.05) is 18.3 Å². The third-order valence-corrected chi connectivity index (χ3v) is 3.31. The fourth-order valence-corrected chi connectivity index (χ4v) is 2.42. The van der Waals surface area contributed by atoms with Crippen molar-refractivity contribution in [2.45, 2.75) is 32.2 Å². The number of hydrogen-bond acceptors (Lipinski definition) is 3. The lowest BCUT2D eigenvalue weighted by molar-refractivity contribution is -0.121. The number of hydrogen-bond donors (Lipinski definition) is 0. The lowest BCUT2D eigenvalue weighted by Crippen LogP contribution is -2.32. The van der Waals surface area contributed by atoms with Gasteiger partial charge in [0.15, 0.2) is 0 Å². The van der Waals surface area contributed by atoms with E-state index in [2.05, 4.69) is 11.1 Å². The first kappa shape index (κ1) is 11.9. The van der Waals surface area contributed by atoms with Crippen molar-refractivity contribution in [3.8, 4) is 5.88 Å². The fraction of sp³-hybridized carbons (Fsp3) is 0.538. The number of aromatic nitrogens is 1. The predicted molar refractivity (Wildman–Crippen MR) is 64.9 cm³/mol. The largest absolute Gasteiger partial charge is 0.481 e. The zero-order valence-electron chi connectivity index (χ0n) is 10.3. The molecule has 1 aliphatic rings. The SMILES string of the molecule is COc1ncc([C@@H]2CCCCN2C=O)cc1C. The van der Waals surface area contributed by atoms with Crippen molar-refractivity contribution in [2.75, 3.05) is 13.7 Å². The minimum Gasteiger partial charge on any atom is -0.481 e. The number of carbonyl (C=O) groups excluding carboxylic acids is 1. The number of amides is 1. The summed E-state index contributed by atoms with van der Waals surface area (Å²) in [5.74, 6) is 0.655. The molecular weight excluding hydrogens is 216 g/mol. The number of piperidine rings is 1. The van der Waals surface area contributed by atoms with Crippen molar-refractivity contribution in [1.82, 2.24) is 9.88 Å². The van der Waals surface area contributed by atoms with Gasteiger partial charge in [0.2, 0.25) is 12.3 Å². The number of aryl methyl sites for hydroxylation is 1. The quantitative estimate of drug-likeness (QED) is 0.752. The van der Waals surface area contributed by atoms with Gasteiger partial charge < -0.3 is 9.64 Å². The van der Waals surface area contributed by atoms with Gasteiger partial charge in [0.05, 0.1) is 13.2 Å². The van der Waals surface area contributed by atoms with Gasteiger partial charge in [-0.2, -0.15) is 0 Å². The topological polar surface area (TPSA) is 42.4 Å². The van der Waals surface area contributed by atoms with Crippen LogP contribution < -0.4 is 4.74 Å². The number of pyridine rings is 1.